The monoisotopic (exact) mass is 353 g/mol. The average Bonchev–Trinajstić information content (AvgIpc) is 2.26. The fraction of sp³-hybridized carbons (Fsp3) is 0.100. The van der Waals surface area contributed by atoms with Gasteiger partial charge in [0.25, 0.3) is 0 Å². The van der Waals surface area contributed by atoms with Crippen molar-refractivity contribution in [2.24, 2.45) is 0 Å². The largest absolute Gasteiger partial charge is 0.478 e. The topological polar surface area (TPSA) is 83.5 Å². The van der Waals surface area contributed by atoms with E-state index in [4.69, 9.17) is 16.7 Å². The number of nitrogens with one attached hydrogen (secondary N) is 1. The summed E-state index contributed by atoms with van der Waals surface area (Å²) in [6.45, 7) is 3.52. The molecular formula is C10H9BrClNO4S. The molecule has 0 aliphatic heterocycles. The van der Waals surface area contributed by atoms with Crippen LogP contribution in [0.5, 0.6) is 0 Å². The molecule has 0 radical (unpaired) electrons. The van der Waals surface area contributed by atoms with Crippen molar-refractivity contribution in [3.05, 3.63) is 39.8 Å². The molecule has 0 aromatic heterocycles. The number of carboxylic acid groups (broad SMARTS) is 1. The lowest BCUT2D eigenvalue weighted by molar-refractivity contribution is 0.0697. The van der Waals surface area contributed by atoms with Crippen LogP contribution in [0.2, 0.25) is 5.02 Å². The molecule has 5 nitrogen and oxygen atoms in total. The predicted molar refractivity (Wildman–Crippen MR) is 71.7 cm³/mol. The molecule has 1 aromatic carbocycles. The van der Waals surface area contributed by atoms with Crippen molar-refractivity contribution in [2.75, 3.05) is 6.54 Å². The third-order valence-corrected chi connectivity index (χ3v) is 3.93. The number of carbonyl (C=O) groups is 1. The minimum absolute atomic E-state index is 0.0284. The summed E-state index contributed by atoms with van der Waals surface area (Å²) in [6, 6.07) is 3.40. The van der Waals surface area contributed by atoms with E-state index < -0.39 is 16.0 Å². The average molecular weight is 355 g/mol. The molecule has 0 bridgehead atoms. The fourth-order valence-electron chi connectivity index (χ4n) is 1.09. The van der Waals surface area contributed by atoms with Gasteiger partial charge in [0.2, 0.25) is 10.0 Å². The number of halogens is 2. The first-order valence-corrected chi connectivity index (χ1v) is 7.25. The Labute approximate surface area is 118 Å². The van der Waals surface area contributed by atoms with Gasteiger partial charge in [-0.2, -0.15) is 0 Å². The first-order valence-electron chi connectivity index (χ1n) is 4.60. The number of carboxylic acids is 1. The summed E-state index contributed by atoms with van der Waals surface area (Å²) < 4.78 is 26.3. The Morgan fingerprint density at radius 3 is 2.56 bits per heavy atom. The van der Waals surface area contributed by atoms with Gasteiger partial charge >= 0.3 is 5.97 Å². The first-order chi connectivity index (χ1) is 8.24. The molecule has 8 heteroatoms. The van der Waals surface area contributed by atoms with E-state index in [1.807, 2.05) is 0 Å². The van der Waals surface area contributed by atoms with Crippen LogP contribution in [0.1, 0.15) is 10.4 Å². The van der Waals surface area contributed by atoms with Crippen molar-refractivity contribution in [2.45, 2.75) is 4.90 Å². The standard InChI is InChI=1S/C10H9BrClNO4S/c1-6(11)5-13-18(16,17)7-2-3-8(10(14)15)9(12)4-7/h2-4,13H,1,5H2,(H,14,15). The fourth-order valence-corrected chi connectivity index (χ4v) is 2.80. The van der Waals surface area contributed by atoms with Crippen LogP contribution in [0.4, 0.5) is 0 Å². The van der Waals surface area contributed by atoms with Crippen molar-refractivity contribution in [1.82, 2.24) is 4.72 Å². The summed E-state index contributed by atoms with van der Waals surface area (Å²) >= 11 is 8.71. The van der Waals surface area contributed by atoms with Crippen LogP contribution in [0, 0.1) is 0 Å². The lowest BCUT2D eigenvalue weighted by Crippen LogP contribution is -2.24. The first kappa shape index (κ1) is 15.2. The highest BCUT2D eigenvalue weighted by Crippen LogP contribution is 2.21. The van der Waals surface area contributed by atoms with Crippen LogP contribution in [0.25, 0.3) is 0 Å². The molecule has 0 unspecified atom stereocenters. The van der Waals surface area contributed by atoms with Gasteiger partial charge in [-0.1, -0.05) is 34.1 Å². The SMILES string of the molecule is C=C(Br)CNS(=O)(=O)c1ccc(C(=O)O)c(Cl)c1. The molecule has 0 heterocycles. The van der Waals surface area contributed by atoms with Gasteiger partial charge in [-0.25, -0.2) is 17.9 Å². The van der Waals surface area contributed by atoms with Gasteiger partial charge < -0.3 is 5.11 Å². The van der Waals surface area contributed by atoms with E-state index in [1.165, 1.54) is 6.07 Å². The minimum atomic E-state index is -3.74. The molecule has 0 atom stereocenters. The highest BCUT2D eigenvalue weighted by molar-refractivity contribution is 9.11. The van der Waals surface area contributed by atoms with Crippen molar-refractivity contribution < 1.29 is 18.3 Å². The number of sulfonamides is 1. The van der Waals surface area contributed by atoms with E-state index in [-0.39, 0.29) is 22.0 Å². The van der Waals surface area contributed by atoms with Crippen LogP contribution in [-0.2, 0) is 10.0 Å². The smallest absolute Gasteiger partial charge is 0.337 e. The Hall–Kier alpha value is -0.890. The maximum Gasteiger partial charge on any atom is 0.337 e. The molecule has 0 saturated heterocycles. The molecule has 0 fully saturated rings. The Morgan fingerprint density at radius 1 is 1.50 bits per heavy atom. The lowest BCUT2D eigenvalue weighted by Gasteiger charge is -2.07. The van der Waals surface area contributed by atoms with Gasteiger partial charge in [-0.3, -0.25) is 0 Å². The van der Waals surface area contributed by atoms with E-state index in [9.17, 15) is 13.2 Å². The predicted octanol–water partition coefficient (Wildman–Crippen LogP) is 2.23. The van der Waals surface area contributed by atoms with Gasteiger partial charge in [-0.15, -0.1) is 0 Å². The molecule has 0 saturated carbocycles. The number of rotatable bonds is 5. The minimum Gasteiger partial charge on any atom is -0.478 e. The summed E-state index contributed by atoms with van der Waals surface area (Å²) in [5.74, 6) is -1.22. The molecule has 0 spiro atoms. The quantitative estimate of drug-likeness (QED) is 0.849. The van der Waals surface area contributed by atoms with Crippen LogP contribution in [0.3, 0.4) is 0 Å². The molecule has 0 aliphatic carbocycles. The summed E-state index contributed by atoms with van der Waals surface area (Å²) in [4.78, 5) is 10.6. The second-order valence-electron chi connectivity index (χ2n) is 3.29. The number of benzene rings is 1. The zero-order valence-corrected chi connectivity index (χ0v) is 12.1. The Kier molecular flexibility index (Phi) is 4.92. The molecular weight excluding hydrogens is 346 g/mol. The lowest BCUT2D eigenvalue weighted by atomic mass is 10.2. The summed E-state index contributed by atoms with van der Waals surface area (Å²) in [5.41, 5.74) is -0.152. The Bertz CT molecular complexity index is 600. The second kappa shape index (κ2) is 5.83. The highest BCUT2D eigenvalue weighted by atomic mass is 79.9. The Balaban J connectivity index is 3.08. The zero-order chi connectivity index (χ0) is 13.9. The number of hydrogen-bond donors (Lipinski definition) is 2. The van der Waals surface area contributed by atoms with Gasteiger partial charge in [-0.05, 0) is 18.2 Å². The summed E-state index contributed by atoms with van der Waals surface area (Å²) in [5, 5.41) is 8.63. The number of aromatic carboxylic acids is 1. The van der Waals surface area contributed by atoms with Crippen LogP contribution < -0.4 is 4.72 Å². The van der Waals surface area contributed by atoms with Crippen LogP contribution in [0.15, 0.2) is 34.2 Å². The van der Waals surface area contributed by atoms with Crippen molar-refractivity contribution in [3.8, 4) is 0 Å². The normalized spacial score (nSPS) is 11.2. The molecule has 1 rings (SSSR count). The van der Waals surface area contributed by atoms with E-state index in [0.29, 0.717) is 4.48 Å². The number of hydrogen-bond acceptors (Lipinski definition) is 3. The van der Waals surface area contributed by atoms with Gasteiger partial charge in [0.15, 0.2) is 0 Å². The third-order valence-electron chi connectivity index (χ3n) is 1.94. The molecule has 0 amide bonds. The van der Waals surface area contributed by atoms with Gasteiger partial charge in [0.05, 0.1) is 15.5 Å². The summed E-state index contributed by atoms with van der Waals surface area (Å²) in [6.07, 6.45) is 0. The maximum atomic E-state index is 11.8. The van der Waals surface area contributed by atoms with Crippen molar-refractivity contribution in [1.29, 1.82) is 0 Å². The van der Waals surface area contributed by atoms with Crippen molar-refractivity contribution in [3.63, 3.8) is 0 Å². The van der Waals surface area contributed by atoms with E-state index in [2.05, 4.69) is 27.2 Å². The summed E-state index contributed by atoms with van der Waals surface area (Å²) in [7, 11) is -3.74. The zero-order valence-electron chi connectivity index (χ0n) is 8.98. The molecule has 98 valence electrons. The molecule has 2 N–H and O–H groups in total. The second-order valence-corrected chi connectivity index (χ2v) is 6.58. The van der Waals surface area contributed by atoms with E-state index in [0.717, 1.165) is 12.1 Å². The maximum absolute atomic E-state index is 11.8. The highest BCUT2D eigenvalue weighted by Gasteiger charge is 2.17. The molecule has 0 aliphatic rings. The van der Waals surface area contributed by atoms with Gasteiger partial charge in [0, 0.05) is 11.0 Å². The van der Waals surface area contributed by atoms with Crippen LogP contribution in [-0.4, -0.2) is 26.0 Å². The van der Waals surface area contributed by atoms with E-state index in [1.54, 1.807) is 0 Å². The molecule has 1 aromatic rings. The molecule has 18 heavy (non-hydrogen) atoms. The Morgan fingerprint density at radius 2 is 2.11 bits per heavy atom. The van der Waals surface area contributed by atoms with Crippen molar-refractivity contribution >= 4 is 43.5 Å². The van der Waals surface area contributed by atoms with E-state index >= 15 is 0 Å². The third kappa shape index (κ3) is 3.81. The van der Waals surface area contributed by atoms with Crippen LogP contribution >= 0.6 is 27.5 Å². The van der Waals surface area contributed by atoms with Gasteiger partial charge in [0.1, 0.15) is 0 Å².